The zero-order chi connectivity index (χ0) is 13.8. The average molecular weight is 291 g/mol. The molecule has 5 heteroatoms. The summed E-state index contributed by atoms with van der Waals surface area (Å²) >= 11 is 6.76. The topological polar surface area (TPSA) is 50.9 Å². The molecule has 1 heterocycles. The third-order valence-electron chi connectivity index (χ3n) is 2.76. The Hall–Kier alpha value is -1.46. The van der Waals surface area contributed by atoms with Gasteiger partial charge in [-0.1, -0.05) is 18.3 Å². The second-order valence-electron chi connectivity index (χ2n) is 4.47. The summed E-state index contributed by atoms with van der Waals surface area (Å²) in [5.41, 5.74) is 9.90. The minimum absolute atomic E-state index is 0.424. The first kappa shape index (κ1) is 14.0. The van der Waals surface area contributed by atoms with Gasteiger partial charge in [-0.2, -0.15) is 0 Å². The number of thiazole rings is 1. The lowest BCUT2D eigenvalue weighted by atomic mass is 10.1. The van der Waals surface area contributed by atoms with Crippen LogP contribution in [0.4, 0.5) is 5.69 Å². The molecule has 0 saturated heterocycles. The molecule has 19 heavy (non-hydrogen) atoms. The molecular weight excluding hydrogens is 274 g/mol. The van der Waals surface area contributed by atoms with Crippen molar-refractivity contribution >= 4 is 34.2 Å². The van der Waals surface area contributed by atoms with Crippen LogP contribution in [0, 0.1) is 13.8 Å². The van der Waals surface area contributed by atoms with Crippen LogP contribution in [-0.2, 0) is 6.42 Å². The molecule has 0 aliphatic carbocycles. The Morgan fingerprint density at radius 3 is 2.84 bits per heavy atom. The van der Waals surface area contributed by atoms with Crippen LogP contribution in [0.15, 0.2) is 23.6 Å². The molecule has 3 nitrogen and oxygen atoms in total. The number of aryl methyl sites for hydroxylation is 2. The van der Waals surface area contributed by atoms with E-state index in [1.54, 1.807) is 11.3 Å². The van der Waals surface area contributed by atoms with Crippen molar-refractivity contribution in [1.29, 1.82) is 0 Å². The number of anilines is 1. The molecule has 0 radical (unpaired) electrons. The lowest BCUT2D eigenvalue weighted by Crippen LogP contribution is -2.14. The molecule has 0 fully saturated rings. The van der Waals surface area contributed by atoms with Crippen molar-refractivity contribution in [2.45, 2.75) is 20.3 Å². The number of benzene rings is 1. The minimum atomic E-state index is 0.424. The molecule has 0 aliphatic heterocycles. The maximum absolute atomic E-state index is 5.73. The third-order valence-corrected chi connectivity index (χ3v) is 4.01. The maximum atomic E-state index is 5.73. The van der Waals surface area contributed by atoms with Crippen molar-refractivity contribution in [3.05, 3.63) is 45.4 Å². The van der Waals surface area contributed by atoms with E-state index in [2.05, 4.69) is 28.7 Å². The van der Waals surface area contributed by atoms with E-state index in [-0.39, 0.29) is 0 Å². The summed E-state index contributed by atoms with van der Waals surface area (Å²) in [6, 6.07) is 6.05. The van der Waals surface area contributed by atoms with Crippen molar-refractivity contribution < 1.29 is 0 Å². The van der Waals surface area contributed by atoms with Gasteiger partial charge in [-0.05, 0) is 31.5 Å². The van der Waals surface area contributed by atoms with Crippen LogP contribution in [0.3, 0.4) is 0 Å². The molecule has 0 saturated carbocycles. The van der Waals surface area contributed by atoms with E-state index in [0.717, 1.165) is 34.9 Å². The highest BCUT2D eigenvalue weighted by atomic mass is 32.1. The molecule has 0 spiro atoms. The van der Waals surface area contributed by atoms with Gasteiger partial charge in [0.1, 0.15) is 4.99 Å². The fourth-order valence-corrected chi connectivity index (χ4v) is 2.79. The van der Waals surface area contributed by atoms with Crippen LogP contribution in [0.1, 0.15) is 21.8 Å². The van der Waals surface area contributed by atoms with Crippen LogP contribution in [0.2, 0.25) is 0 Å². The van der Waals surface area contributed by atoms with Crippen LogP contribution in [-0.4, -0.2) is 16.5 Å². The number of rotatable bonds is 5. The molecule has 0 aliphatic rings. The normalized spacial score (nSPS) is 10.4. The lowest BCUT2D eigenvalue weighted by molar-refractivity contribution is 0.986. The van der Waals surface area contributed by atoms with Gasteiger partial charge in [0.2, 0.25) is 0 Å². The quantitative estimate of drug-likeness (QED) is 0.831. The summed E-state index contributed by atoms with van der Waals surface area (Å²) in [5.74, 6) is 0. The second kappa shape index (κ2) is 6.12. The number of nitrogens with one attached hydrogen (secondary N) is 1. The fraction of sp³-hybridized carbons (Fsp3) is 0.286. The highest BCUT2D eigenvalue weighted by Gasteiger charge is 2.05. The Balaban J connectivity index is 2.02. The van der Waals surface area contributed by atoms with Crippen LogP contribution in [0.5, 0.6) is 0 Å². The van der Waals surface area contributed by atoms with Gasteiger partial charge in [0, 0.05) is 35.3 Å². The Morgan fingerprint density at radius 2 is 2.21 bits per heavy atom. The van der Waals surface area contributed by atoms with Crippen molar-refractivity contribution in [3.63, 3.8) is 0 Å². The molecule has 2 rings (SSSR count). The zero-order valence-electron chi connectivity index (χ0n) is 11.1. The van der Waals surface area contributed by atoms with Gasteiger partial charge in [0.05, 0.1) is 5.01 Å². The number of hydrogen-bond acceptors (Lipinski definition) is 4. The van der Waals surface area contributed by atoms with Gasteiger partial charge < -0.3 is 11.1 Å². The van der Waals surface area contributed by atoms with Crippen LogP contribution < -0.4 is 11.1 Å². The lowest BCUT2D eigenvalue weighted by Gasteiger charge is -2.11. The van der Waals surface area contributed by atoms with Crippen molar-refractivity contribution in [2.24, 2.45) is 5.73 Å². The predicted octanol–water partition coefficient (Wildman–Crippen LogP) is 3.05. The van der Waals surface area contributed by atoms with Gasteiger partial charge in [-0.3, -0.25) is 0 Å². The Bertz CT molecular complexity index is 590. The van der Waals surface area contributed by atoms with Gasteiger partial charge in [0.25, 0.3) is 0 Å². The molecule has 100 valence electrons. The fourth-order valence-electron chi connectivity index (χ4n) is 1.84. The van der Waals surface area contributed by atoms with Crippen LogP contribution >= 0.6 is 23.6 Å². The molecule has 2 aromatic rings. The number of hydrogen-bond donors (Lipinski definition) is 2. The minimum Gasteiger partial charge on any atom is -0.389 e. The predicted molar refractivity (Wildman–Crippen MR) is 86.1 cm³/mol. The van der Waals surface area contributed by atoms with Crippen LogP contribution in [0.25, 0.3) is 0 Å². The number of thiocarbonyl (C=S) groups is 1. The number of aromatic nitrogens is 1. The average Bonchev–Trinajstić information content (AvgIpc) is 2.75. The smallest absolute Gasteiger partial charge is 0.106 e. The van der Waals surface area contributed by atoms with E-state index in [1.165, 1.54) is 5.56 Å². The first-order chi connectivity index (χ1) is 9.06. The molecule has 0 bridgehead atoms. The van der Waals surface area contributed by atoms with Gasteiger partial charge in [0.15, 0.2) is 0 Å². The largest absolute Gasteiger partial charge is 0.389 e. The van der Waals surface area contributed by atoms with Gasteiger partial charge >= 0.3 is 0 Å². The first-order valence-corrected chi connectivity index (χ1v) is 7.40. The maximum Gasteiger partial charge on any atom is 0.106 e. The zero-order valence-corrected chi connectivity index (χ0v) is 12.7. The molecule has 3 N–H and O–H groups in total. The highest BCUT2D eigenvalue weighted by molar-refractivity contribution is 7.80. The standard InChI is InChI=1S/C14H17N3S2/c1-9-3-4-11(14(15)18)12(7-9)16-6-5-13-17-10(2)8-19-13/h3-4,7-8,16H,5-6H2,1-2H3,(H2,15,18). The summed E-state index contributed by atoms with van der Waals surface area (Å²) in [6.45, 7) is 4.89. The summed E-state index contributed by atoms with van der Waals surface area (Å²) in [4.78, 5) is 4.87. The Morgan fingerprint density at radius 1 is 1.42 bits per heavy atom. The Kier molecular flexibility index (Phi) is 4.50. The van der Waals surface area contributed by atoms with Crippen molar-refractivity contribution in [3.8, 4) is 0 Å². The van der Waals surface area contributed by atoms with E-state index >= 15 is 0 Å². The molecule has 0 unspecified atom stereocenters. The third kappa shape index (κ3) is 3.75. The van der Waals surface area contributed by atoms with E-state index in [1.807, 2.05) is 19.1 Å². The molecule has 0 atom stereocenters. The van der Waals surface area contributed by atoms with E-state index < -0.39 is 0 Å². The SMILES string of the molecule is Cc1ccc(C(N)=S)c(NCCc2nc(C)cs2)c1. The van der Waals surface area contributed by atoms with Crippen molar-refractivity contribution in [2.75, 3.05) is 11.9 Å². The monoisotopic (exact) mass is 291 g/mol. The number of nitrogens with zero attached hydrogens (tertiary/aromatic N) is 1. The van der Waals surface area contributed by atoms with E-state index in [0.29, 0.717) is 4.99 Å². The summed E-state index contributed by atoms with van der Waals surface area (Å²) in [5, 5.41) is 6.61. The van der Waals surface area contributed by atoms with Gasteiger partial charge in [-0.25, -0.2) is 4.98 Å². The van der Waals surface area contributed by atoms with E-state index in [9.17, 15) is 0 Å². The summed E-state index contributed by atoms with van der Waals surface area (Å²) in [7, 11) is 0. The molecular formula is C14H17N3S2. The molecule has 0 amide bonds. The Labute approximate surface area is 122 Å². The first-order valence-electron chi connectivity index (χ1n) is 6.11. The van der Waals surface area contributed by atoms with Gasteiger partial charge in [-0.15, -0.1) is 11.3 Å². The number of nitrogens with two attached hydrogens (primary N) is 1. The summed E-state index contributed by atoms with van der Waals surface area (Å²) < 4.78 is 0. The molecule has 1 aromatic carbocycles. The summed E-state index contributed by atoms with van der Waals surface area (Å²) in [6.07, 6.45) is 0.906. The van der Waals surface area contributed by atoms with E-state index in [4.69, 9.17) is 18.0 Å². The highest BCUT2D eigenvalue weighted by Crippen LogP contribution is 2.18. The second-order valence-corrected chi connectivity index (χ2v) is 5.86. The van der Waals surface area contributed by atoms with Crippen molar-refractivity contribution in [1.82, 2.24) is 4.98 Å². The molecule has 1 aromatic heterocycles.